The lowest BCUT2D eigenvalue weighted by Gasteiger charge is -2.13. The van der Waals surface area contributed by atoms with Crippen LogP contribution in [0.4, 0.5) is 0 Å². The molecule has 1 aliphatic rings. The van der Waals surface area contributed by atoms with Crippen LogP contribution < -0.4 is 5.32 Å². The van der Waals surface area contributed by atoms with Crippen molar-refractivity contribution in [2.24, 2.45) is 0 Å². The van der Waals surface area contributed by atoms with Crippen LogP contribution in [0.5, 0.6) is 0 Å². The van der Waals surface area contributed by atoms with Gasteiger partial charge in [0.05, 0.1) is 10.5 Å². The number of carboxylic acid groups (broad SMARTS) is 1. The fourth-order valence-electron chi connectivity index (χ4n) is 1.59. The standard InChI is InChI=1S/C12H9NO5S/c14-10(15)6-13-11(16)8-5-7-3-1-2-4-9(7)19(18)12(8)17/h1-5H,6H2,(H,13,16)(H,14,15). The zero-order chi connectivity index (χ0) is 14.0. The summed E-state index contributed by atoms with van der Waals surface area (Å²) in [5.41, 5.74) is 0.221. The Morgan fingerprint density at radius 2 is 1.95 bits per heavy atom. The van der Waals surface area contributed by atoms with E-state index in [4.69, 9.17) is 5.11 Å². The first-order valence-corrected chi connectivity index (χ1v) is 6.42. The van der Waals surface area contributed by atoms with Gasteiger partial charge in [-0.25, -0.2) is 4.21 Å². The first-order valence-electron chi connectivity index (χ1n) is 5.27. The van der Waals surface area contributed by atoms with Gasteiger partial charge in [0.1, 0.15) is 17.3 Å². The van der Waals surface area contributed by atoms with Crippen molar-refractivity contribution >= 4 is 33.9 Å². The number of carbonyl (C=O) groups is 3. The van der Waals surface area contributed by atoms with Gasteiger partial charge in [-0.1, -0.05) is 18.2 Å². The normalized spacial score (nSPS) is 17.4. The third-order valence-corrected chi connectivity index (χ3v) is 3.78. The average Bonchev–Trinajstić information content (AvgIpc) is 2.40. The summed E-state index contributed by atoms with van der Waals surface area (Å²) < 4.78 is 11.9. The molecule has 0 spiro atoms. The molecule has 6 nitrogen and oxygen atoms in total. The number of carboxylic acids is 1. The van der Waals surface area contributed by atoms with Gasteiger partial charge < -0.3 is 10.4 Å². The number of fused-ring (bicyclic) bond motifs is 1. The lowest BCUT2D eigenvalue weighted by Crippen LogP contribution is -2.34. The molecule has 0 aromatic heterocycles. The van der Waals surface area contributed by atoms with Gasteiger partial charge in [0.2, 0.25) is 0 Å². The van der Waals surface area contributed by atoms with Gasteiger partial charge in [-0.05, 0) is 17.7 Å². The molecule has 1 atom stereocenters. The first-order chi connectivity index (χ1) is 9.00. The van der Waals surface area contributed by atoms with Gasteiger partial charge in [-0.15, -0.1) is 0 Å². The fourth-order valence-corrected chi connectivity index (χ4v) is 2.69. The molecule has 1 heterocycles. The highest BCUT2D eigenvalue weighted by atomic mass is 32.2. The summed E-state index contributed by atoms with van der Waals surface area (Å²) in [6, 6.07) is 6.51. The molecular weight excluding hydrogens is 270 g/mol. The third kappa shape index (κ3) is 2.60. The zero-order valence-corrected chi connectivity index (χ0v) is 10.4. The second-order valence-electron chi connectivity index (χ2n) is 3.73. The van der Waals surface area contributed by atoms with Gasteiger partial charge in [0.15, 0.2) is 0 Å². The Kier molecular flexibility index (Phi) is 3.57. The van der Waals surface area contributed by atoms with E-state index in [-0.39, 0.29) is 5.57 Å². The van der Waals surface area contributed by atoms with Crippen LogP contribution in [0.25, 0.3) is 6.08 Å². The first kappa shape index (κ1) is 13.2. The van der Waals surface area contributed by atoms with Gasteiger partial charge >= 0.3 is 5.97 Å². The van der Waals surface area contributed by atoms with Crippen molar-refractivity contribution in [1.29, 1.82) is 0 Å². The summed E-state index contributed by atoms with van der Waals surface area (Å²) in [6.45, 7) is -0.599. The fraction of sp³-hybridized carbons (Fsp3) is 0.0833. The molecule has 1 aliphatic heterocycles. The van der Waals surface area contributed by atoms with Crippen molar-refractivity contribution in [2.45, 2.75) is 4.90 Å². The van der Waals surface area contributed by atoms with E-state index < -0.39 is 34.3 Å². The molecule has 0 radical (unpaired) electrons. The second-order valence-corrected chi connectivity index (χ2v) is 5.08. The highest BCUT2D eigenvalue weighted by Crippen LogP contribution is 2.25. The maximum absolute atomic E-state index is 11.9. The minimum Gasteiger partial charge on any atom is -0.480 e. The molecule has 1 unspecified atom stereocenters. The molecule has 1 amide bonds. The summed E-state index contributed by atoms with van der Waals surface area (Å²) in [7, 11) is -1.94. The minimum atomic E-state index is -1.94. The topological polar surface area (TPSA) is 101 Å². The number of benzene rings is 1. The second kappa shape index (κ2) is 5.15. The van der Waals surface area contributed by atoms with Crippen LogP contribution in [0.2, 0.25) is 0 Å². The van der Waals surface area contributed by atoms with Gasteiger partial charge in [-0.2, -0.15) is 0 Å². The van der Waals surface area contributed by atoms with Crippen LogP contribution in [-0.2, 0) is 25.2 Å². The Morgan fingerprint density at radius 1 is 1.26 bits per heavy atom. The third-order valence-electron chi connectivity index (χ3n) is 2.45. The minimum absolute atomic E-state index is 0.293. The number of rotatable bonds is 3. The molecule has 1 aromatic rings. The van der Waals surface area contributed by atoms with Crippen molar-refractivity contribution < 1.29 is 23.7 Å². The average molecular weight is 279 g/mol. The van der Waals surface area contributed by atoms with Gasteiger partial charge in [0.25, 0.3) is 11.0 Å². The summed E-state index contributed by atoms with van der Waals surface area (Å²) >= 11 is 0. The van der Waals surface area contributed by atoms with Crippen LogP contribution in [0.3, 0.4) is 0 Å². The van der Waals surface area contributed by atoms with E-state index in [1.807, 2.05) is 0 Å². The molecule has 0 fully saturated rings. The highest BCUT2D eigenvalue weighted by Gasteiger charge is 2.30. The quantitative estimate of drug-likeness (QED) is 0.754. The van der Waals surface area contributed by atoms with Crippen LogP contribution in [-0.4, -0.2) is 32.9 Å². The Balaban J connectivity index is 2.34. The SMILES string of the molecule is O=C(O)CNC(=O)C1=Cc2ccccc2S(=O)C1=O. The Morgan fingerprint density at radius 3 is 2.63 bits per heavy atom. The molecule has 0 saturated heterocycles. The van der Waals surface area contributed by atoms with Crippen molar-refractivity contribution in [3.8, 4) is 0 Å². The van der Waals surface area contributed by atoms with Crippen LogP contribution in [0, 0.1) is 0 Å². The number of amides is 1. The smallest absolute Gasteiger partial charge is 0.322 e. The molecular formula is C12H9NO5S. The summed E-state index contributed by atoms with van der Waals surface area (Å²) in [6.07, 6.45) is 1.32. The molecule has 0 bridgehead atoms. The van der Waals surface area contributed by atoms with Crippen LogP contribution in [0.1, 0.15) is 5.56 Å². The molecule has 0 aliphatic carbocycles. The summed E-state index contributed by atoms with van der Waals surface area (Å²) in [5.74, 6) is -2.06. The summed E-state index contributed by atoms with van der Waals surface area (Å²) in [4.78, 5) is 34.2. The van der Waals surface area contributed by atoms with E-state index >= 15 is 0 Å². The number of nitrogens with one attached hydrogen (secondary N) is 1. The summed E-state index contributed by atoms with van der Waals surface area (Å²) in [5, 5.41) is 9.71. The molecule has 19 heavy (non-hydrogen) atoms. The Labute approximate surface area is 110 Å². The van der Waals surface area contributed by atoms with E-state index in [1.54, 1.807) is 24.3 Å². The lowest BCUT2D eigenvalue weighted by molar-refractivity contribution is -0.137. The van der Waals surface area contributed by atoms with E-state index in [2.05, 4.69) is 5.32 Å². The van der Waals surface area contributed by atoms with Gasteiger partial charge in [0, 0.05) is 0 Å². The lowest BCUT2D eigenvalue weighted by atomic mass is 10.1. The van der Waals surface area contributed by atoms with Crippen molar-refractivity contribution in [2.75, 3.05) is 6.54 Å². The van der Waals surface area contributed by atoms with Crippen molar-refractivity contribution in [3.63, 3.8) is 0 Å². The van der Waals surface area contributed by atoms with Crippen LogP contribution >= 0.6 is 0 Å². The van der Waals surface area contributed by atoms with Gasteiger partial charge in [-0.3, -0.25) is 14.4 Å². The van der Waals surface area contributed by atoms with E-state index in [0.717, 1.165) is 0 Å². The zero-order valence-electron chi connectivity index (χ0n) is 9.58. The number of aliphatic carboxylic acids is 1. The molecule has 98 valence electrons. The van der Waals surface area contributed by atoms with Crippen molar-refractivity contribution in [3.05, 3.63) is 35.4 Å². The van der Waals surface area contributed by atoms with Crippen LogP contribution in [0.15, 0.2) is 34.7 Å². The largest absolute Gasteiger partial charge is 0.480 e. The molecule has 2 rings (SSSR count). The molecule has 7 heteroatoms. The van der Waals surface area contributed by atoms with E-state index in [1.165, 1.54) is 6.08 Å². The maximum atomic E-state index is 11.9. The Hall–Kier alpha value is -2.28. The molecule has 2 N–H and O–H groups in total. The van der Waals surface area contributed by atoms with E-state index in [0.29, 0.717) is 10.5 Å². The molecule has 1 aromatic carbocycles. The number of hydrogen-bond acceptors (Lipinski definition) is 4. The number of hydrogen-bond donors (Lipinski definition) is 2. The maximum Gasteiger partial charge on any atom is 0.322 e. The Bertz CT molecular complexity index is 635. The van der Waals surface area contributed by atoms with Crippen molar-refractivity contribution in [1.82, 2.24) is 5.32 Å². The predicted molar refractivity (Wildman–Crippen MR) is 66.5 cm³/mol. The number of carbonyl (C=O) groups excluding carboxylic acids is 2. The predicted octanol–water partition coefficient (Wildman–Crippen LogP) is -0.0814. The van der Waals surface area contributed by atoms with E-state index in [9.17, 15) is 18.6 Å². The highest BCUT2D eigenvalue weighted by molar-refractivity contribution is 8.01. The monoisotopic (exact) mass is 279 g/mol. The molecule has 0 saturated carbocycles.